The summed E-state index contributed by atoms with van der Waals surface area (Å²) in [6, 6.07) is 3.79. The molecule has 0 unspecified atom stereocenters. The fourth-order valence-electron chi connectivity index (χ4n) is 3.52. The Kier molecular flexibility index (Phi) is 4.62. The molecule has 0 aromatic heterocycles. The molecule has 0 saturated heterocycles. The van der Waals surface area contributed by atoms with E-state index in [2.05, 4.69) is 12.2 Å². The molecule has 0 aliphatic heterocycles. The van der Waals surface area contributed by atoms with E-state index >= 15 is 0 Å². The van der Waals surface area contributed by atoms with Gasteiger partial charge in [0.2, 0.25) is 0 Å². The Hall–Kier alpha value is -1.31. The third kappa shape index (κ3) is 3.48. The van der Waals surface area contributed by atoms with Crippen LogP contribution in [0.5, 0.6) is 5.75 Å². The number of rotatable bonds is 4. The molecule has 114 valence electrons. The van der Waals surface area contributed by atoms with E-state index in [-0.39, 0.29) is 11.9 Å². The zero-order valence-corrected chi connectivity index (χ0v) is 12.9. The summed E-state index contributed by atoms with van der Waals surface area (Å²) in [7, 11) is 0. The highest BCUT2D eigenvalue weighted by Gasteiger charge is 2.19. The van der Waals surface area contributed by atoms with Gasteiger partial charge in [0.15, 0.2) is 11.6 Å². The molecule has 0 radical (unpaired) electrons. The van der Waals surface area contributed by atoms with Gasteiger partial charge in [0.05, 0.1) is 6.10 Å². The minimum Gasteiger partial charge on any atom is -0.487 e. The van der Waals surface area contributed by atoms with E-state index < -0.39 is 0 Å². The maximum Gasteiger partial charge on any atom is 0.168 e. The summed E-state index contributed by atoms with van der Waals surface area (Å²) in [6.07, 6.45) is 14.3. The van der Waals surface area contributed by atoms with Crippen molar-refractivity contribution in [3.05, 3.63) is 35.2 Å². The third-order valence-electron chi connectivity index (χ3n) is 4.94. The Morgan fingerprint density at radius 3 is 2.43 bits per heavy atom. The minimum atomic E-state index is -0.185. The van der Waals surface area contributed by atoms with Crippen LogP contribution >= 0.6 is 0 Å². The summed E-state index contributed by atoms with van der Waals surface area (Å²) < 4.78 is 20.3. The predicted octanol–water partition coefficient (Wildman–Crippen LogP) is 5.66. The molecule has 21 heavy (non-hydrogen) atoms. The van der Waals surface area contributed by atoms with Crippen LogP contribution < -0.4 is 4.74 Å². The minimum absolute atomic E-state index is 0.185. The van der Waals surface area contributed by atoms with Gasteiger partial charge in [-0.3, -0.25) is 0 Å². The summed E-state index contributed by atoms with van der Waals surface area (Å²) in [5.41, 5.74) is 1.69. The highest BCUT2D eigenvalue weighted by molar-refractivity contribution is 5.56. The Morgan fingerprint density at radius 2 is 1.71 bits per heavy atom. The van der Waals surface area contributed by atoms with Gasteiger partial charge in [0.25, 0.3) is 0 Å². The van der Waals surface area contributed by atoms with Crippen LogP contribution in [0.1, 0.15) is 62.5 Å². The normalized spacial score (nSPS) is 20.7. The molecular formula is C19H25FO. The topological polar surface area (TPSA) is 9.23 Å². The van der Waals surface area contributed by atoms with E-state index in [0.717, 1.165) is 18.4 Å². The average molecular weight is 288 g/mol. The molecule has 2 aliphatic carbocycles. The van der Waals surface area contributed by atoms with Gasteiger partial charge in [-0.1, -0.05) is 31.1 Å². The molecule has 0 amide bonds. The van der Waals surface area contributed by atoms with Gasteiger partial charge in [-0.15, -0.1) is 0 Å². The highest BCUT2D eigenvalue weighted by atomic mass is 19.1. The molecule has 0 heterocycles. The van der Waals surface area contributed by atoms with Crippen molar-refractivity contribution in [2.75, 3.05) is 0 Å². The lowest BCUT2D eigenvalue weighted by Crippen LogP contribution is -2.12. The number of ether oxygens (including phenoxy) is 1. The smallest absolute Gasteiger partial charge is 0.168 e. The maximum absolute atomic E-state index is 14.5. The van der Waals surface area contributed by atoms with Crippen LogP contribution in [0.2, 0.25) is 0 Å². The second-order valence-electron chi connectivity index (χ2n) is 6.52. The van der Waals surface area contributed by atoms with Crippen molar-refractivity contribution < 1.29 is 9.13 Å². The number of halogens is 1. The highest BCUT2D eigenvalue weighted by Crippen LogP contribution is 2.30. The van der Waals surface area contributed by atoms with Crippen LogP contribution in [0.25, 0.3) is 6.08 Å². The first-order valence-electron chi connectivity index (χ1n) is 8.38. The van der Waals surface area contributed by atoms with Crippen molar-refractivity contribution in [1.29, 1.82) is 0 Å². The van der Waals surface area contributed by atoms with Crippen LogP contribution in [0.3, 0.4) is 0 Å². The second kappa shape index (κ2) is 6.64. The lowest BCUT2D eigenvalue weighted by atomic mass is 10.0. The summed E-state index contributed by atoms with van der Waals surface area (Å²) in [5.74, 6) is 0.926. The molecule has 0 bridgehead atoms. The monoisotopic (exact) mass is 288 g/mol. The van der Waals surface area contributed by atoms with Crippen molar-refractivity contribution >= 4 is 6.08 Å². The Morgan fingerprint density at radius 1 is 1.05 bits per heavy atom. The number of hydrogen-bond acceptors (Lipinski definition) is 1. The van der Waals surface area contributed by atoms with Crippen molar-refractivity contribution in [1.82, 2.24) is 0 Å². The van der Waals surface area contributed by atoms with Crippen LogP contribution in [-0.2, 0) is 0 Å². The summed E-state index contributed by atoms with van der Waals surface area (Å²) in [6.45, 7) is 1.85. The zero-order valence-electron chi connectivity index (χ0n) is 12.9. The van der Waals surface area contributed by atoms with Crippen LogP contribution in [-0.4, -0.2) is 6.10 Å². The second-order valence-corrected chi connectivity index (χ2v) is 6.52. The first-order chi connectivity index (χ1) is 10.2. The van der Waals surface area contributed by atoms with Gasteiger partial charge in [-0.25, -0.2) is 4.39 Å². The Bertz CT molecular complexity index is 509. The van der Waals surface area contributed by atoms with Crippen LogP contribution in [0.4, 0.5) is 4.39 Å². The molecule has 2 aliphatic rings. The predicted molar refractivity (Wildman–Crippen MR) is 85.0 cm³/mol. The van der Waals surface area contributed by atoms with E-state index in [4.69, 9.17) is 4.74 Å². The van der Waals surface area contributed by atoms with E-state index in [1.807, 2.05) is 13.0 Å². The SMILES string of the molecule is Cc1c(/C=C/C2CCCC2)ccc(OC2CCCC2)c1F. The van der Waals surface area contributed by atoms with Crippen molar-refractivity contribution in [2.24, 2.45) is 5.92 Å². The fourth-order valence-corrected chi connectivity index (χ4v) is 3.52. The molecule has 2 saturated carbocycles. The standard InChI is InChI=1S/C19H25FO/c1-14-16(11-10-15-6-2-3-7-15)12-13-18(19(14)20)21-17-8-4-5-9-17/h10-13,15,17H,2-9H2,1H3/b11-10+. The van der Waals surface area contributed by atoms with Crippen LogP contribution in [0.15, 0.2) is 18.2 Å². The Labute approximate surface area is 127 Å². The molecule has 0 N–H and O–H groups in total. The quantitative estimate of drug-likeness (QED) is 0.694. The molecule has 3 rings (SSSR count). The van der Waals surface area contributed by atoms with Gasteiger partial charge in [0.1, 0.15) is 0 Å². The van der Waals surface area contributed by atoms with E-state index in [0.29, 0.717) is 17.2 Å². The molecule has 1 nitrogen and oxygen atoms in total. The average Bonchev–Trinajstić information content (AvgIpc) is 3.16. The lowest BCUT2D eigenvalue weighted by molar-refractivity contribution is 0.200. The summed E-state index contributed by atoms with van der Waals surface area (Å²) in [5, 5.41) is 0. The van der Waals surface area contributed by atoms with Gasteiger partial charge in [-0.2, -0.15) is 0 Å². The van der Waals surface area contributed by atoms with Crippen molar-refractivity contribution in [3.63, 3.8) is 0 Å². The van der Waals surface area contributed by atoms with Gasteiger partial charge in [0, 0.05) is 0 Å². The number of hydrogen-bond donors (Lipinski definition) is 0. The van der Waals surface area contributed by atoms with E-state index in [1.165, 1.54) is 38.5 Å². The summed E-state index contributed by atoms with van der Waals surface area (Å²) in [4.78, 5) is 0. The van der Waals surface area contributed by atoms with Gasteiger partial charge < -0.3 is 4.74 Å². The Balaban J connectivity index is 1.72. The summed E-state index contributed by atoms with van der Waals surface area (Å²) >= 11 is 0. The first-order valence-corrected chi connectivity index (χ1v) is 8.38. The molecular weight excluding hydrogens is 263 g/mol. The fraction of sp³-hybridized carbons (Fsp3) is 0.579. The largest absolute Gasteiger partial charge is 0.487 e. The molecule has 2 heteroatoms. The maximum atomic E-state index is 14.5. The molecule has 1 aromatic carbocycles. The lowest BCUT2D eigenvalue weighted by Gasteiger charge is -2.15. The first kappa shape index (κ1) is 14.6. The molecule has 1 aromatic rings. The van der Waals surface area contributed by atoms with Crippen molar-refractivity contribution in [3.8, 4) is 5.75 Å². The molecule has 0 spiro atoms. The number of allylic oxidation sites excluding steroid dienone is 1. The van der Waals surface area contributed by atoms with E-state index in [1.54, 1.807) is 6.07 Å². The molecule has 2 fully saturated rings. The third-order valence-corrected chi connectivity index (χ3v) is 4.94. The van der Waals surface area contributed by atoms with Crippen LogP contribution in [0, 0.1) is 18.7 Å². The van der Waals surface area contributed by atoms with E-state index in [9.17, 15) is 4.39 Å². The van der Waals surface area contributed by atoms with Gasteiger partial charge in [-0.05, 0) is 68.6 Å². The van der Waals surface area contributed by atoms with Crippen molar-refractivity contribution in [2.45, 2.75) is 64.4 Å². The van der Waals surface area contributed by atoms with Gasteiger partial charge >= 0.3 is 0 Å². The number of benzene rings is 1. The molecule has 0 atom stereocenters. The zero-order chi connectivity index (χ0) is 14.7.